The van der Waals surface area contributed by atoms with E-state index in [0.29, 0.717) is 5.41 Å². The third-order valence-corrected chi connectivity index (χ3v) is 6.11. The van der Waals surface area contributed by atoms with Crippen molar-refractivity contribution in [3.05, 3.63) is 0 Å². The van der Waals surface area contributed by atoms with E-state index in [1.165, 1.54) is 51.6 Å². The number of likely N-dealkylation sites (tertiary alicyclic amines) is 1. The largest absolute Gasteiger partial charge is 0.385 e. The monoisotopic (exact) mass is 336 g/mol. The maximum atomic E-state index is 5.29. The predicted molar refractivity (Wildman–Crippen MR) is 99.5 cm³/mol. The normalized spacial score (nSPS) is 27.1. The Hall–Kier alpha value is -0.810. The molecule has 1 unspecified atom stereocenters. The van der Waals surface area contributed by atoms with Gasteiger partial charge in [0.2, 0.25) is 0 Å². The van der Waals surface area contributed by atoms with Crippen LogP contribution in [0.4, 0.5) is 0 Å². The number of rotatable bonds is 9. The number of methoxy groups -OCH3 is 1. The quantitative estimate of drug-likeness (QED) is 0.501. The Morgan fingerprint density at radius 3 is 2.71 bits per heavy atom. The van der Waals surface area contributed by atoms with E-state index in [-0.39, 0.29) is 0 Å². The lowest BCUT2D eigenvalue weighted by Gasteiger charge is -2.40. The Labute approximate surface area is 147 Å². The molecule has 3 rings (SSSR count). The molecule has 0 aromatic heterocycles. The molecule has 1 atom stereocenters. The zero-order chi connectivity index (χ0) is 16.8. The third kappa shape index (κ3) is 4.85. The summed E-state index contributed by atoms with van der Waals surface area (Å²) in [5, 5.41) is 7.02. The SMILES string of the molecule is CCNC(=NCC1(CCOC)CCC1)NCC1CCN(C2CC2)C1. The summed E-state index contributed by atoms with van der Waals surface area (Å²) in [6, 6.07) is 0.913. The van der Waals surface area contributed by atoms with Crippen LogP contribution in [0.15, 0.2) is 4.99 Å². The average molecular weight is 337 g/mol. The predicted octanol–water partition coefficient (Wildman–Crippen LogP) is 2.23. The van der Waals surface area contributed by atoms with E-state index in [4.69, 9.17) is 9.73 Å². The second-order valence-corrected chi connectivity index (χ2v) is 8.05. The Kier molecular flexibility index (Phi) is 6.39. The van der Waals surface area contributed by atoms with Gasteiger partial charge in [-0.1, -0.05) is 6.42 Å². The van der Waals surface area contributed by atoms with Gasteiger partial charge >= 0.3 is 0 Å². The Morgan fingerprint density at radius 2 is 2.08 bits per heavy atom. The fourth-order valence-electron chi connectivity index (χ4n) is 4.11. The first-order valence-electron chi connectivity index (χ1n) is 10.00. The van der Waals surface area contributed by atoms with E-state index < -0.39 is 0 Å². The number of nitrogens with zero attached hydrogens (tertiary/aromatic N) is 2. The molecule has 2 aliphatic carbocycles. The first-order valence-corrected chi connectivity index (χ1v) is 10.00. The molecule has 5 heteroatoms. The van der Waals surface area contributed by atoms with Crippen LogP contribution in [0.5, 0.6) is 0 Å². The number of aliphatic imine (C=N–C) groups is 1. The molecule has 1 aliphatic heterocycles. The molecule has 138 valence electrons. The maximum absolute atomic E-state index is 5.29. The van der Waals surface area contributed by atoms with E-state index in [1.807, 2.05) is 0 Å². The van der Waals surface area contributed by atoms with E-state index >= 15 is 0 Å². The van der Waals surface area contributed by atoms with Crippen LogP contribution in [0.2, 0.25) is 0 Å². The van der Waals surface area contributed by atoms with Gasteiger partial charge in [0.15, 0.2) is 5.96 Å². The summed E-state index contributed by atoms with van der Waals surface area (Å²) >= 11 is 0. The molecule has 5 nitrogen and oxygen atoms in total. The first kappa shape index (κ1) is 18.0. The fourth-order valence-corrected chi connectivity index (χ4v) is 4.11. The van der Waals surface area contributed by atoms with Crippen molar-refractivity contribution in [1.29, 1.82) is 0 Å². The highest BCUT2D eigenvalue weighted by atomic mass is 16.5. The van der Waals surface area contributed by atoms with Gasteiger partial charge in [-0.25, -0.2) is 0 Å². The lowest BCUT2D eigenvalue weighted by molar-refractivity contribution is 0.0778. The standard InChI is InChI=1S/C19H36N4O/c1-3-20-18(22-15-19(8-4-9-19)10-12-24-2)21-13-16-7-11-23(14-16)17-5-6-17/h16-17H,3-15H2,1-2H3,(H2,20,21,22). The van der Waals surface area contributed by atoms with Crippen molar-refractivity contribution in [3.8, 4) is 0 Å². The molecule has 0 aromatic carbocycles. The van der Waals surface area contributed by atoms with Gasteiger partial charge in [-0.15, -0.1) is 0 Å². The molecule has 3 fully saturated rings. The average Bonchev–Trinajstić information content (AvgIpc) is 3.30. The molecular weight excluding hydrogens is 300 g/mol. The van der Waals surface area contributed by atoms with Crippen LogP contribution in [-0.2, 0) is 4.74 Å². The summed E-state index contributed by atoms with van der Waals surface area (Å²) < 4.78 is 5.29. The summed E-state index contributed by atoms with van der Waals surface area (Å²) in [6.07, 6.45) is 9.28. The van der Waals surface area contributed by atoms with Gasteiger partial charge in [-0.2, -0.15) is 0 Å². The minimum Gasteiger partial charge on any atom is -0.385 e. The van der Waals surface area contributed by atoms with Crippen molar-refractivity contribution in [2.75, 3.05) is 46.4 Å². The van der Waals surface area contributed by atoms with Crippen LogP contribution >= 0.6 is 0 Å². The highest BCUT2D eigenvalue weighted by Crippen LogP contribution is 2.44. The van der Waals surface area contributed by atoms with E-state index in [9.17, 15) is 0 Å². The fraction of sp³-hybridized carbons (Fsp3) is 0.947. The molecule has 2 saturated carbocycles. The topological polar surface area (TPSA) is 48.9 Å². The van der Waals surface area contributed by atoms with Gasteiger partial charge in [0.1, 0.15) is 0 Å². The minimum atomic E-state index is 0.397. The number of nitrogens with one attached hydrogen (secondary N) is 2. The molecule has 0 radical (unpaired) electrons. The summed E-state index contributed by atoms with van der Waals surface area (Å²) in [6.45, 7) is 8.49. The third-order valence-electron chi connectivity index (χ3n) is 6.11. The van der Waals surface area contributed by atoms with E-state index in [2.05, 4.69) is 22.5 Å². The molecule has 2 N–H and O–H groups in total. The van der Waals surface area contributed by atoms with Gasteiger partial charge in [-0.05, 0) is 63.3 Å². The number of hydrogen-bond donors (Lipinski definition) is 2. The van der Waals surface area contributed by atoms with E-state index in [1.54, 1.807) is 7.11 Å². The number of hydrogen-bond acceptors (Lipinski definition) is 3. The summed E-state index contributed by atoms with van der Waals surface area (Å²) in [5.74, 6) is 1.78. The van der Waals surface area contributed by atoms with Gasteiger partial charge < -0.3 is 20.3 Å². The highest BCUT2D eigenvalue weighted by Gasteiger charge is 2.36. The summed E-state index contributed by atoms with van der Waals surface area (Å²) in [7, 11) is 1.80. The molecule has 0 bridgehead atoms. The van der Waals surface area contributed by atoms with Crippen LogP contribution in [0.25, 0.3) is 0 Å². The smallest absolute Gasteiger partial charge is 0.191 e. The Balaban J connectivity index is 1.44. The zero-order valence-corrected chi connectivity index (χ0v) is 15.6. The summed E-state index contributed by atoms with van der Waals surface area (Å²) in [5.41, 5.74) is 0.397. The first-order chi connectivity index (χ1) is 11.7. The molecule has 3 aliphatic rings. The van der Waals surface area contributed by atoms with Crippen LogP contribution in [0.1, 0.15) is 51.9 Å². The maximum Gasteiger partial charge on any atom is 0.191 e. The molecule has 0 spiro atoms. The Morgan fingerprint density at radius 1 is 1.25 bits per heavy atom. The van der Waals surface area contributed by atoms with Crippen LogP contribution in [0.3, 0.4) is 0 Å². The van der Waals surface area contributed by atoms with Crippen molar-refractivity contribution >= 4 is 5.96 Å². The second-order valence-electron chi connectivity index (χ2n) is 8.05. The number of ether oxygens (including phenoxy) is 1. The Bertz CT molecular complexity index is 418. The van der Waals surface area contributed by atoms with Crippen LogP contribution in [-0.4, -0.2) is 63.3 Å². The van der Waals surface area contributed by atoms with Crippen molar-refractivity contribution < 1.29 is 4.74 Å². The van der Waals surface area contributed by atoms with Gasteiger partial charge in [0.25, 0.3) is 0 Å². The van der Waals surface area contributed by atoms with E-state index in [0.717, 1.165) is 50.6 Å². The zero-order valence-electron chi connectivity index (χ0n) is 15.6. The van der Waals surface area contributed by atoms with Gasteiger partial charge in [-0.3, -0.25) is 4.99 Å². The lowest BCUT2D eigenvalue weighted by Crippen LogP contribution is -2.42. The summed E-state index contributed by atoms with van der Waals surface area (Å²) in [4.78, 5) is 7.60. The number of guanidine groups is 1. The molecule has 24 heavy (non-hydrogen) atoms. The lowest BCUT2D eigenvalue weighted by atomic mass is 9.67. The van der Waals surface area contributed by atoms with Crippen molar-refractivity contribution in [2.45, 2.75) is 57.9 Å². The molecule has 1 saturated heterocycles. The van der Waals surface area contributed by atoms with Crippen molar-refractivity contribution in [3.63, 3.8) is 0 Å². The molecule has 1 heterocycles. The second kappa shape index (κ2) is 8.52. The molecule has 0 amide bonds. The minimum absolute atomic E-state index is 0.397. The molecule has 0 aromatic rings. The van der Waals surface area contributed by atoms with Gasteiger partial charge in [0.05, 0.1) is 0 Å². The molecular formula is C19H36N4O. The van der Waals surface area contributed by atoms with Crippen molar-refractivity contribution in [1.82, 2.24) is 15.5 Å². The van der Waals surface area contributed by atoms with Crippen LogP contribution < -0.4 is 10.6 Å². The van der Waals surface area contributed by atoms with Crippen molar-refractivity contribution in [2.24, 2.45) is 16.3 Å². The van der Waals surface area contributed by atoms with Crippen LogP contribution in [0, 0.1) is 11.3 Å². The highest BCUT2D eigenvalue weighted by molar-refractivity contribution is 5.79. The van der Waals surface area contributed by atoms with Gasteiger partial charge in [0, 0.05) is 45.9 Å².